The Kier molecular flexibility index (Phi) is 7.95. The van der Waals surface area contributed by atoms with E-state index in [1.807, 2.05) is 35.3 Å². The van der Waals surface area contributed by atoms with Gasteiger partial charge in [0.2, 0.25) is 5.91 Å². The molecule has 136 valence electrons. The summed E-state index contributed by atoms with van der Waals surface area (Å²) in [5, 5.41) is 10.7. The van der Waals surface area contributed by atoms with Gasteiger partial charge in [0.15, 0.2) is 0 Å². The summed E-state index contributed by atoms with van der Waals surface area (Å²) in [7, 11) is 0. The molecule has 0 atom stereocenters. The van der Waals surface area contributed by atoms with Gasteiger partial charge >= 0.3 is 0 Å². The first kappa shape index (κ1) is 19.5. The smallest absolute Gasteiger partial charge is 0.220 e. The van der Waals surface area contributed by atoms with Crippen LogP contribution in [0.2, 0.25) is 0 Å². The Balaban J connectivity index is 0.00000225. The number of piperidine rings is 1. The molecule has 1 saturated heterocycles. The highest BCUT2D eigenvalue weighted by Crippen LogP contribution is 2.17. The molecule has 1 aromatic carbocycles. The van der Waals surface area contributed by atoms with E-state index in [9.17, 15) is 4.79 Å². The van der Waals surface area contributed by atoms with E-state index < -0.39 is 0 Å². The van der Waals surface area contributed by atoms with Gasteiger partial charge < -0.3 is 10.6 Å². The maximum Gasteiger partial charge on any atom is 0.220 e. The molecule has 1 aromatic heterocycles. The number of hydrogen-bond donors (Lipinski definition) is 2. The second-order valence-electron chi connectivity index (χ2n) is 6.54. The quantitative estimate of drug-likeness (QED) is 0.796. The fourth-order valence-corrected chi connectivity index (χ4v) is 3.15. The number of halogens is 1. The van der Waals surface area contributed by atoms with Crippen molar-refractivity contribution < 1.29 is 4.79 Å². The number of rotatable bonds is 7. The van der Waals surface area contributed by atoms with Gasteiger partial charge in [-0.3, -0.25) is 9.48 Å². The first-order valence-corrected chi connectivity index (χ1v) is 8.82. The molecule has 0 radical (unpaired) electrons. The van der Waals surface area contributed by atoms with Crippen LogP contribution in [0.5, 0.6) is 0 Å². The van der Waals surface area contributed by atoms with Crippen molar-refractivity contribution in [1.82, 2.24) is 20.4 Å². The van der Waals surface area contributed by atoms with Gasteiger partial charge in [-0.2, -0.15) is 5.10 Å². The van der Waals surface area contributed by atoms with Crippen molar-refractivity contribution in [3.8, 4) is 0 Å². The number of carbonyl (C=O) groups excluding carboxylic acids is 1. The summed E-state index contributed by atoms with van der Waals surface area (Å²) in [4.78, 5) is 12.0. The lowest BCUT2D eigenvalue weighted by atomic mass is 9.93. The van der Waals surface area contributed by atoms with Crippen molar-refractivity contribution in [2.75, 3.05) is 13.1 Å². The Labute approximate surface area is 155 Å². The summed E-state index contributed by atoms with van der Waals surface area (Å²) in [5.74, 6) is 0.843. The van der Waals surface area contributed by atoms with Gasteiger partial charge in [-0.1, -0.05) is 30.3 Å². The molecule has 1 fully saturated rings. The summed E-state index contributed by atoms with van der Waals surface area (Å²) in [6.07, 6.45) is 7.85. The third-order valence-corrected chi connectivity index (χ3v) is 4.60. The molecule has 1 amide bonds. The van der Waals surface area contributed by atoms with Crippen LogP contribution in [-0.2, 0) is 17.9 Å². The van der Waals surface area contributed by atoms with Crippen molar-refractivity contribution >= 4 is 18.3 Å². The number of hydrogen-bond acceptors (Lipinski definition) is 3. The van der Waals surface area contributed by atoms with Gasteiger partial charge in [-0.25, -0.2) is 0 Å². The third kappa shape index (κ3) is 6.52. The lowest BCUT2D eigenvalue weighted by Gasteiger charge is -2.22. The van der Waals surface area contributed by atoms with Crippen LogP contribution in [0.25, 0.3) is 0 Å². The molecule has 5 nitrogen and oxygen atoms in total. The maximum atomic E-state index is 12.0. The van der Waals surface area contributed by atoms with E-state index in [0.717, 1.165) is 31.6 Å². The van der Waals surface area contributed by atoms with E-state index in [0.29, 0.717) is 18.9 Å². The Morgan fingerprint density at radius 1 is 1.20 bits per heavy atom. The molecule has 1 aliphatic heterocycles. The Bertz CT molecular complexity index is 638. The molecule has 25 heavy (non-hydrogen) atoms. The summed E-state index contributed by atoms with van der Waals surface area (Å²) < 4.78 is 1.91. The van der Waals surface area contributed by atoms with E-state index in [1.165, 1.54) is 18.4 Å². The molecule has 0 aliphatic carbocycles. The highest BCUT2D eigenvalue weighted by molar-refractivity contribution is 5.85. The number of aromatic nitrogens is 2. The Morgan fingerprint density at radius 2 is 1.96 bits per heavy atom. The fraction of sp³-hybridized carbons (Fsp3) is 0.474. The van der Waals surface area contributed by atoms with E-state index in [-0.39, 0.29) is 18.3 Å². The number of amides is 1. The van der Waals surface area contributed by atoms with Crippen LogP contribution in [0.1, 0.15) is 36.8 Å². The first-order chi connectivity index (χ1) is 11.8. The van der Waals surface area contributed by atoms with Crippen LogP contribution in [0.4, 0.5) is 0 Å². The number of benzene rings is 1. The summed E-state index contributed by atoms with van der Waals surface area (Å²) >= 11 is 0. The molecule has 3 rings (SSSR count). The number of nitrogens with zero attached hydrogens (tertiary/aromatic N) is 2. The first-order valence-electron chi connectivity index (χ1n) is 8.82. The van der Waals surface area contributed by atoms with Crippen LogP contribution in [0.15, 0.2) is 42.7 Å². The highest BCUT2D eigenvalue weighted by atomic mass is 35.5. The Morgan fingerprint density at radius 3 is 2.72 bits per heavy atom. The molecule has 6 heteroatoms. The van der Waals surface area contributed by atoms with Crippen LogP contribution in [-0.4, -0.2) is 28.8 Å². The van der Waals surface area contributed by atoms with Gasteiger partial charge in [-0.05, 0) is 43.8 Å². The van der Waals surface area contributed by atoms with E-state index in [4.69, 9.17) is 0 Å². The zero-order valence-corrected chi connectivity index (χ0v) is 15.3. The lowest BCUT2D eigenvalue weighted by Crippen LogP contribution is -2.29. The third-order valence-electron chi connectivity index (χ3n) is 4.60. The molecule has 2 N–H and O–H groups in total. The molecule has 2 heterocycles. The van der Waals surface area contributed by atoms with E-state index >= 15 is 0 Å². The van der Waals surface area contributed by atoms with Gasteiger partial charge in [0, 0.05) is 24.7 Å². The van der Waals surface area contributed by atoms with E-state index in [2.05, 4.69) is 27.9 Å². The van der Waals surface area contributed by atoms with Crippen LogP contribution in [0, 0.1) is 5.92 Å². The SMILES string of the molecule is Cl.O=C(CCC1CCNCC1)NCc1cnn(Cc2ccccc2)c1. The molecule has 0 bridgehead atoms. The predicted molar refractivity (Wildman–Crippen MR) is 102 cm³/mol. The normalized spacial score (nSPS) is 14.7. The second kappa shape index (κ2) is 10.2. The summed E-state index contributed by atoms with van der Waals surface area (Å²) in [6, 6.07) is 10.2. The topological polar surface area (TPSA) is 59.0 Å². The zero-order valence-electron chi connectivity index (χ0n) is 14.5. The van der Waals surface area contributed by atoms with Gasteiger partial charge in [0.1, 0.15) is 0 Å². The number of nitrogens with one attached hydrogen (secondary N) is 2. The van der Waals surface area contributed by atoms with Crippen molar-refractivity contribution in [2.24, 2.45) is 5.92 Å². The zero-order chi connectivity index (χ0) is 16.6. The maximum absolute atomic E-state index is 12.0. The minimum absolute atomic E-state index is 0. The van der Waals surface area contributed by atoms with Crippen molar-refractivity contribution in [3.63, 3.8) is 0 Å². The molecular weight excluding hydrogens is 336 g/mol. The second-order valence-corrected chi connectivity index (χ2v) is 6.54. The minimum atomic E-state index is 0. The predicted octanol–water partition coefficient (Wildman–Crippen LogP) is 2.75. The average Bonchev–Trinajstić information content (AvgIpc) is 3.07. The van der Waals surface area contributed by atoms with Crippen LogP contribution >= 0.6 is 12.4 Å². The standard InChI is InChI=1S/C19H26N4O.ClH/c24-19(7-6-16-8-10-20-11-9-16)21-12-18-13-22-23(15-18)14-17-4-2-1-3-5-17;/h1-5,13,15-16,20H,6-12,14H2,(H,21,24);1H. The van der Waals surface area contributed by atoms with Crippen molar-refractivity contribution in [3.05, 3.63) is 53.9 Å². The van der Waals surface area contributed by atoms with Crippen LogP contribution < -0.4 is 10.6 Å². The van der Waals surface area contributed by atoms with Gasteiger partial charge in [-0.15, -0.1) is 12.4 Å². The average molecular weight is 363 g/mol. The van der Waals surface area contributed by atoms with E-state index in [1.54, 1.807) is 0 Å². The molecule has 0 saturated carbocycles. The van der Waals surface area contributed by atoms with Crippen molar-refractivity contribution in [1.29, 1.82) is 0 Å². The monoisotopic (exact) mass is 362 g/mol. The lowest BCUT2D eigenvalue weighted by molar-refractivity contribution is -0.121. The molecule has 0 spiro atoms. The largest absolute Gasteiger partial charge is 0.352 e. The molecule has 1 aliphatic rings. The number of carbonyl (C=O) groups is 1. The van der Waals surface area contributed by atoms with Crippen LogP contribution in [0.3, 0.4) is 0 Å². The van der Waals surface area contributed by atoms with Gasteiger partial charge in [0.25, 0.3) is 0 Å². The Hall–Kier alpha value is -1.85. The summed E-state index contributed by atoms with van der Waals surface area (Å²) in [6.45, 7) is 3.49. The summed E-state index contributed by atoms with van der Waals surface area (Å²) in [5.41, 5.74) is 2.26. The molecular formula is C19H27ClN4O. The van der Waals surface area contributed by atoms with Crippen molar-refractivity contribution in [2.45, 2.75) is 38.8 Å². The minimum Gasteiger partial charge on any atom is -0.352 e. The molecule has 2 aromatic rings. The molecule has 0 unspecified atom stereocenters. The van der Waals surface area contributed by atoms with Gasteiger partial charge in [0.05, 0.1) is 12.7 Å². The fourth-order valence-electron chi connectivity index (χ4n) is 3.15. The highest BCUT2D eigenvalue weighted by Gasteiger charge is 2.14.